The normalized spacial score (nSPS) is 17.1. The zero-order chi connectivity index (χ0) is 25.7. The van der Waals surface area contributed by atoms with Crippen molar-refractivity contribution < 1.29 is 29.4 Å². The van der Waals surface area contributed by atoms with Gasteiger partial charge in [0.05, 0.1) is 26.7 Å². The molecule has 7 heteroatoms. The van der Waals surface area contributed by atoms with Crippen molar-refractivity contribution in [1.29, 1.82) is 0 Å². The van der Waals surface area contributed by atoms with E-state index in [2.05, 4.69) is 0 Å². The van der Waals surface area contributed by atoms with Crippen LogP contribution in [0, 0.1) is 0 Å². The molecule has 2 N–H and O–H groups in total. The van der Waals surface area contributed by atoms with Gasteiger partial charge in [-0.05, 0) is 41.0 Å². The quantitative estimate of drug-likeness (QED) is 0.273. The van der Waals surface area contributed by atoms with Gasteiger partial charge in [0.2, 0.25) is 5.78 Å². The van der Waals surface area contributed by atoms with Crippen LogP contribution >= 0.6 is 0 Å². The largest absolute Gasteiger partial charge is 0.872 e. The number of phenolic OH excluding ortho intramolecular Hbond substituents is 1. The molecule has 0 bridgehead atoms. The molecule has 4 rings (SSSR count). The third-order valence-corrected chi connectivity index (χ3v) is 6.18. The summed E-state index contributed by atoms with van der Waals surface area (Å²) in [6, 6.07) is 21.8. The number of ketones is 1. The van der Waals surface area contributed by atoms with Gasteiger partial charge in [0.25, 0.3) is 5.91 Å². The lowest BCUT2D eigenvalue weighted by Gasteiger charge is -2.27. The standard InChI is InChI=1S/C29H30N2O5/c1-30(2)17-6-18-31-26(21-9-13-23(32)14-10-21)25(28(34)29(31)35)27(33)22-11-15-24(16-12-22)36-19-20-7-4-3-5-8-20/h3-5,7-16,26,32-33H,6,17-19H2,1-2H3/b27-25+. The zero-order valence-corrected chi connectivity index (χ0v) is 20.4. The number of likely N-dealkylation sites (tertiary alicyclic amines) is 1. The minimum absolute atomic E-state index is 0.0659. The molecule has 7 nitrogen and oxygen atoms in total. The topological polar surface area (TPSA) is 94.3 Å². The van der Waals surface area contributed by atoms with Gasteiger partial charge >= 0.3 is 0 Å². The van der Waals surface area contributed by atoms with Gasteiger partial charge in [-0.25, -0.2) is 0 Å². The number of nitrogens with one attached hydrogen (secondary N) is 1. The van der Waals surface area contributed by atoms with E-state index in [1.165, 1.54) is 21.9 Å². The number of aromatic hydroxyl groups is 1. The number of phenols is 1. The Hall–Kier alpha value is -4.10. The molecule has 0 aromatic heterocycles. The fourth-order valence-corrected chi connectivity index (χ4v) is 4.31. The molecule has 1 amide bonds. The second-order valence-electron chi connectivity index (χ2n) is 9.17. The van der Waals surface area contributed by atoms with E-state index in [1.54, 1.807) is 36.4 Å². The average Bonchev–Trinajstić information content (AvgIpc) is 3.13. The molecule has 3 aromatic rings. The van der Waals surface area contributed by atoms with Crippen molar-refractivity contribution in [2.45, 2.75) is 19.1 Å². The fourth-order valence-electron chi connectivity index (χ4n) is 4.31. The van der Waals surface area contributed by atoms with Crippen LogP contribution in [0.3, 0.4) is 0 Å². The Bertz CT molecular complexity index is 1230. The van der Waals surface area contributed by atoms with Crippen molar-refractivity contribution in [1.82, 2.24) is 4.90 Å². The van der Waals surface area contributed by atoms with Crippen molar-refractivity contribution in [3.63, 3.8) is 0 Å². The predicted molar refractivity (Wildman–Crippen MR) is 134 cm³/mol. The van der Waals surface area contributed by atoms with Gasteiger partial charge in [-0.1, -0.05) is 60.4 Å². The van der Waals surface area contributed by atoms with E-state index in [-0.39, 0.29) is 11.3 Å². The number of Topliss-reactive ketones (excluding diaryl/α,β-unsaturated/α-hetero) is 1. The van der Waals surface area contributed by atoms with Crippen molar-refractivity contribution in [3.05, 3.63) is 101 Å². The Morgan fingerprint density at radius 3 is 2.28 bits per heavy atom. The first-order valence-corrected chi connectivity index (χ1v) is 12.0. The summed E-state index contributed by atoms with van der Waals surface area (Å²) in [6.07, 6.45) is 0.685. The molecule has 36 heavy (non-hydrogen) atoms. The highest BCUT2D eigenvalue weighted by molar-refractivity contribution is 6.46. The van der Waals surface area contributed by atoms with Crippen LogP contribution in [0.5, 0.6) is 11.5 Å². The Morgan fingerprint density at radius 1 is 0.972 bits per heavy atom. The van der Waals surface area contributed by atoms with Crippen LogP contribution in [-0.2, 0) is 16.2 Å². The van der Waals surface area contributed by atoms with Crippen molar-refractivity contribution in [3.8, 4) is 11.5 Å². The monoisotopic (exact) mass is 486 g/mol. The number of carbonyl (C=O) groups excluding carboxylic acids is 2. The summed E-state index contributed by atoms with van der Waals surface area (Å²) in [4.78, 5) is 28.8. The van der Waals surface area contributed by atoms with Gasteiger partial charge < -0.3 is 24.7 Å². The van der Waals surface area contributed by atoms with Crippen molar-refractivity contribution >= 4 is 17.4 Å². The van der Waals surface area contributed by atoms with E-state index in [1.807, 2.05) is 44.4 Å². The number of quaternary nitrogens is 1. The van der Waals surface area contributed by atoms with E-state index >= 15 is 0 Å². The number of benzene rings is 3. The zero-order valence-electron chi connectivity index (χ0n) is 20.4. The first kappa shape index (κ1) is 25.0. The fraction of sp³-hybridized carbons (Fsp3) is 0.241. The number of ether oxygens (including phenoxy) is 1. The summed E-state index contributed by atoms with van der Waals surface area (Å²) in [6.45, 7) is 1.56. The summed E-state index contributed by atoms with van der Waals surface area (Å²) in [7, 11) is 4.03. The lowest BCUT2D eigenvalue weighted by Crippen LogP contribution is -3.05. The molecular formula is C29H30N2O5. The molecule has 0 saturated carbocycles. The molecule has 1 aliphatic heterocycles. The Labute approximate surface area is 210 Å². The molecule has 1 saturated heterocycles. The number of nitrogens with zero attached hydrogens (tertiary/aromatic N) is 1. The molecule has 1 atom stereocenters. The minimum Gasteiger partial charge on any atom is -0.872 e. The molecule has 0 spiro atoms. The maximum atomic E-state index is 13.5. The number of carbonyl (C=O) groups is 2. The molecule has 1 fully saturated rings. The molecule has 3 aromatic carbocycles. The van der Waals surface area contributed by atoms with Crippen LogP contribution in [-0.4, -0.2) is 48.9 Å². The van der Waals surface area contributed by atoms with E-state index < -0.39 is 23.5 Å². The van der Waals surface area contributed by atoms with Gasteiger partial charge in [0.15, 0.2) is 0 Å². The highest BCUT2D eigenvalue weighted by Gasteiger charge is 2.43. The second kappa shape index (κ2) is 11.1. The summed E-state index contributed by atoms with van der Waals surface area (Å²) < 4.78 is 5.80. The second-order valence-corrected chi connectivity index (χ2v) is 9.17. The number of amides is 1. The van der Waals surface area contributed by atoms with E-state index in [0.717, 1.165) is 12.1 Å². The lowest BCUT2D eigenvalue weighted by atomic mass is 9.95. The summed E-state index contributed by atoms with van der Waals surface area (Å²) in [5.41, 5.74) is 1.87. The van der Waals surface area contributed by atoms with Crippen molar-refractivity contribution in [2.24, 2.45) is 0 Å². The van der Waals surface area contributed by atoms with E-state index in [4.69, 9.17) is 4.74 Å². The van der Waals surface area contributed by atoms with E-state index in [9.17, 15) is 19.8 Å². The van der Waals surface area contributed by atoms with Gasteiger partial charge in [0.1, 0.15) is 18.1 Å². The molecular weight excluding hydrogens is 456 g/mol. The van der Waals surface area contributed by atoms with E-state index in [0.29, 0.717) is 36.4 Å². The number of rotatable bonds is 9. The molecule has 0 aliphatic carbocycles. The highest BCUT2D eigenvalue weighted by atomic mass is 16.5. The van der Waals surface area contributed by atoms with Crippen LogP contribution in [0.15, 0.2) is 84.4 Å². The van der Waals surface area contributed by atoms with Gasteiger partial charge in [-0.3, -0.25) is 9.59 Å². The van der Waals surface area contributed by atoms with Crippen LogP contribution in [0.25, 0.3) is 5.76 Å². The molecule has 0 radical (unpaired) electrons. The SMILES string of the molecule is C[NH+](C)CCCN1C(=O)C(=O)/C(=C(/[O-])c2ccc(OCc3ccccc3)cc2)C1c1ccc(O)cc1. The first-order chi connectivity index (χ1) is 17.3. The third-order valence-electron chi connectivity index (χ3n) is 6.18. The maximum Gasteiger partial charge on any atom is 0.295 e. The predicted octanol–water partition coefficient (Wildman–Crippen LogP) is 1.73. The minimum atomic E-state index is -0.802. The molecule has 186 valence electrons. The van der Waals surface area contributed by atoms with Gasteiger partial charge in [-0.15, -0.1) is 0 Å². The third kappa shape index (κ3) is 5.58. The van der Waals surface area contributed by atoms with Crippen LogP contribution < -0.4 is 14.7 Å². The Balaban J connectivity index is 1.63. The smallest absolute Gasteiger partial charge is 0.295 e. The Kier molecular flexibility index (Phi) is 7.71. The molecule has 1 unspecified atom stereocenters. The first-order valence-electron chi connectivity index (χ1n) is 12.0. The van der Waals surface area contributed by atoms with Crippen LogP contribution in [0.2, 0.25) is 0 Å². The maximum absolute atomic E-state index is 13.5. The molecule has 1 aliphatic rings. The van der Waals surface area contributed by atoms with Crippen LogP contribution in [0.4, 0.5) is 0 Å². The summed E-state index contributed by atoms with van der Waals surface area (Å²) >= 11 is 0. The summed E-state index contributed by atoms with van der Waals surface area (Å²) in [5, 5.41) is 23.3. The molecule has 1 heterocycles. The highest BCUT2D eigenvalue weighted by Crippen LogP contribution is 2.39. The number of hydrogen-bond donors (Lipinski definition) is 2. The van der Waals surface area contributed by atoms with Gasteiger partial charge in [0, 0.05) is 18.5 Å². The summed E-state index contributed by atoms with van der Waals surface area (Å²) in [5.74, 6) is -1.28. The number of hydrogen-bond acceptors (Lipinski definition) is 5. The van der Waals surface area contributed by atoms with Crippen molar-refractivity contribution in [2.75, 3.05) is 27.2 Å². The Morgan fingerprint density at radius 2 is 1.64 bits per heavy atom. The van der Waals surface area contributed by atoms with Gasteiger partial charge in [-0.2, -0.15) is 0 Å². The average molecular weight is 487 g/mol. The lowest BCUT2D eigenvalue weighted by molar-refractivity contribution is -0.858. The van der Waals surface area contributed by atoms with Crippen LogP contribution in [0.1, 0.15) is 29.2 Å².